The smallest absolute Gasteiger partial charge is 0.0945 e. The lowest BCUT2D eigenvalue weighted by atomic mass is 9.93. The first-order valence-corrected chi connectivity index (χ1v) is 4.62. The highest BCUT2D eigenvalue weighted by atomic mass is 35.5. The van der Waals surface area contributed by atoms with Crippen molar-refractivity contribution in [3.05, 3.63) is 12.2 Å². The van der Waals surface area contributed by atoms with Crippen LogP contribution in [0.5, 0.6) is 0 Å². The summed E-state index contributed by atoms with van der Waals surface area (Å²) in [4.78, 5) is 0. The average Bonchev–Trinajstić information content (AvgIpc) is 1.97. The van der Waals surface area contributed by atoms with Crippen molar-refractivity contribution >= 4 is 11.6 Å². The summed E-state index contributed by atoms with van der Waals surface area (Å²) in [6.07, 6.45) is 3.41. The molecule has 1 fully saturated rings. The normalized spacial score (nSPS) is 32.4. The van der Waals surface area contributed by atoms with Gasteiger partial charge in [0.2, 0.25) is 0 Å². The molecular weight excluding hydrogens is 160 g/mol. The second-order valence-electron chi connectivity index (χ2n) is 2.94. The average molecular weight is 175 g/mol. The van der Waals surface area contributed by atoms with Crippen molar-refractivity contribution in [3.8, 4) is 0 Å². The van der Waals surface area contributed by atoms with Crippen LogP contribution in [0.1, 0.15) is 26.2 Å². The van der Waals surface area contributed by atoms with Gasteiger partial charge in [-0.05, 0) is 31.8 Å². The van der Waals surface area contributed by atoms with E-state index in [2.05, 4.69) is 6.58 Å². The van der Waals surface area contributed by atoms with Crippen LogP contribution in [-0.2, 0) is 4.74 Å². The molecule has 1 rings (SSSR count). The van der Waals surface area contributed by atoms with E-state index in [9.17, 15) is 0 Å². The number of ether oxygens (including phenoxy) is 1. The Morgan fingerprint density at radius 3 is 3.00 bits per heavy atom. The maximum Gasteiger partial charge on any atom is 0.0945 e. The quantitative estimate of drug-likeness (QED) is 0.462. The summed E-state index contributed by atoms with van der Waals surface area (Å²) in [6.45, 7) is 6.68. The first-order chi connectivity index (χ1) is 5.25. The predicted molar refractivity (Wildman–Crippen MR) is 48.0 cm³/mol. The minimum Gasteiger partial charge on any atom is -0.373 e. The van der Waals surface area contributed by atoms with Crippen molar-refractivity contribution in [1.29, 1.82) is 0 Å². The Kier molecular flexibility index (Phi) is 3.41. The van der Waals surface area contributed by atoms with Gasteiger partial charge in [0.1, 0.15) is 0 Å². The third-order valence-electron chi connectivity index (χ3n) is 2.05. The summed E-state index contributed by atoms with van der Waals surface area (Å²) in [6, 6.07) is 0. The zero-order chi connectivity index (χ0) is 8.27. The fourth-order valence-corrected chi connectivity index (χ4v) is 1.88. The number of halogens is 1. The molecule has 2 heteroatoms. The monoisotopic (exact) mass is 174 g/mol. The minimum atomic E-state index is 0.107. The van der Waals surface area contributed by atoms with E-state index in [1.807, 2.05) is 6.92 Å². The molecule has 2 atom stereocenters. The zero-order valence-corrected chi connectivity index (χ0v) is 7.73. The van der Waals surface area contributed by atoms with Crippen LogP contribution >= 0.6 is 11.6 Å². The molecule has 1 aliphatic carbocycles. The lowest BCUT2D eigenvalue weighted by Crippen LogP contribution is -2.30. The second-order valence-corrected chi connectivity index (χ2v) is 3.50. The predicted octanol–water partition coefficient (Wildman–Crippen LogP) is 2.74. The molecule has 0 spiro atoms. The van der Waals surface area contributed by atoms with Crippen molar-refractivity contribution in [2.75, 3.05) is 6.61 Å². The van der Waals surface area contributed by atoms with E-state index in [4.69, 9.17) is 16.3 Å². The Bertz CT molecular complexity index is 144. The van der Waals surface area contributed by atoms with E-state index in [0.29, 0.717) is 0 Å². The number of alkyl halides is 1. The maximum absolute atomic E-state index is 6.07. The summed E-state index contributed by atoms with van der Waals surface area (Å²) < 4.78 is 5.48. The zero-order valence-electron chi connectivity index (χ0n) is 6.98. The lowest BCUT2D eigenvalue weighted by molar-refractivity contribution is 0.0736. The SMILES string of the molecule is C=C1CCCC(Cl)C1OCC. The first-order valence-electron chi connectivity index (χ1n) is 4.19. The Morgan fingerprint density at radius 2 is 2.45 bits per heavy atom. The summed E-state index contributed by atoms with van der Waals surface area (Å²) in [5, 5.41) is 0.149. The van der Waals surface area contributed by atoms with E-state index in [-0.39, 0.29) is 11.5 Å². The van der Waals surface area contributed by atoms with Gasteiger partial charge < -0.3 is 4.74 Å². The Balaban J connectivity index is 2.48. The van der Waals surface area contributed by atoms with Gasteiger partial charge in [-0.1, -0.05) is 6.58 Å². The van der Waals surface area contributed by atoms with E-state index in [1.54, 1.807) is 0 Å². The van der Waals surface area contributed by atoms with Gasteiger partial charge in [-0.3, -0.25) is 0 Å². The molecule has 1 saturated carbocycles. The highest BCUT2D eigenvalue weighted by molar-refractivity contribution is 6.21. The van der Waals surface area contributed by atoms with Crippen molar-refractivity contribution in [2.24, 2.45) is 0 Å². The van der Waals surface area contributed by atoms with Gasteiger partial charge in [-0.2, -0.15) is 0 Å². The van der Waals surface area contributed by atoms with Crippen LogP contribution in [0.2, 0.25) is 0 Å². The van der Waals surface area contributed by atoms with Gasteiger partial charge in [0.25, 0.3) is 0 Å². The molecular formula is C9H15ClO. The molecule has 1 nitrogen and oxygen atoms in total. The molecule has 0 aromatic heterocycles. The van der Waals surface area contributed by atoms with Gasteiger partial charge >= 0.3 is 0 Å². The molecule has 1 aliphatic rings. The molecule has 0 aromatic carbocycles. The summed E-state index contributed by atoms with van der Waals surface area (Å²) >= 11 is 6.07. The summed E-state index contributed by atoms with van der Waals surface area (Å²) in [7, 11) is 0. The molecule has 0 aromatic rings. The fraction of sp³-hybridized carbons (Fsp3) is 0.778. The van der Waals surface area contributed by atoms with Gasteiger partial charge in [-0.25, -0.2) is 0 Å². The van der Waals surface area contributed by atoms with E-state index in [0.717, 1.165) is 31.4 Å². The van der Waals surface area contributed by atoms with E-state index < -0.39 is 0 Å². The molecule has 64 valence electrons. The van der Waals surface area contributed by atoms with Crippen molar-refractivity contribution in [3.63, 3.8) is 0 Å². The third kappa shape index (κ3) is 2.21. The molecule has 0 saturated heterocycles. The Morgan fingerprint density at radius 1 is 1.73 bits per heavy atom. The van der Waals surface area contributed by atoms with Crippen LogP contribution in [0.25, 0.3) is 0 Å². The molecule has 11 heavy (non-hydrogen) atoms. The molecule has 0 aliphatic heterocycles. The molecule has 2 unspecified atom stereocenters. The molecule has 0 heterocycles. The number of hydrogen-bond acceptors (Lipinski definition) is 1. The molecule has 0 N–H and O–H groups in total. The van der Waals surface area contributed by atoms with Gasteiger partial charge in [0.05, 0.1) is 11.5 Å². The van der Waals surface area contributed by atoms with Gasteiger partial charge in [0, 0.05) is 6.61 Å². The summed E-state index contributed by atoms with van der Waals surface area (Å²) in [5.41, 5.74) is 1.16. The van der Waals surface area contributed by atoms with E-state index >= 15 is 0 Å². The highest BCUT2D eigenvalue weighted by Gasteiger charge is 2.26. The minimum absolute atomic E-state index is 0.107. The molecule has 0 radical (unpaired) electrons. The molecule has 0 bridgehead atoms. The topological polar surface area (TPSA) is 9.23 Å². The van der Waals surface area contributed by atoms with Crippen LogP contribution < -0.4 is 0 Å². The largest absolute Gasteiger partial charge is 0.373 e. The van der Waals surface area contributed by atoms with Crippen LogP contribution in [-0.4, -0.2) is 18.1 Å². The van der Waals surface area contributed by atoms with Crippen molar-refractivity contribution in [2.45, 2.75) is 37.7 Å². The first kappa shape index (κ1) is 9.08. The van der Waals surface area contributed by atoms with Crippen LogP contribution in [0.4, 0.5) is 0 Å². The fourth-order valence-electron chi connectivity index (χ4n) is 1.48. The maximum atomic E-state index is 6.07. The van der Waals surface area contributed by atoms with Crippen molar-refractivity contribution < 1.29 is 4.74 Å². The van der Waals surface area contributed by atoms with Gasteiger partial charge in [-0.15, -0.1) is 11.6 Å². The van der Waals surface area contributed by atoms with Crippen molar-refractivity contribution in [1.82, 2.24) is 0 Å². The van der Waals surface area contributed by atoms with E-state index in [1.165, 1.54) is 0 Å². The lowest BCUT2D eigenvalue weighted by Gasteiger charge is -2.28. The standard InChI is InChI=1S/C9H15ClO/c1-3-11-9-7(2)5-4-6-8(9)10/h8-9H,2-6H2,1H3. The third-order valence-corrected chi connectivity index (χ3v) is 2.50. The van der Waals surface area contributed by atoms with Crippen LogP contribution in [0.3, 0.4) is 0 Å². The van der Waals surface area contributed by atoms with Gasteiger partial charge in [0.15, 0.2) is 0 Å². The highest BCUT2D eigenvalue weighted by Crippen LogP contribution is 2.28. The summed E-state index contributed by atoms with van der Waals surface area (Å²) in [5.74, 6) is 0. The number of rotatable bonds is 2. The Labute approximate surface area is 73.4 Å². The Hall–Kier alpha value is -0.0100. The number of hydrogen-bond donors (Lipinski definition) is 0. The van der Waals surface area contributed by atoms with Crippen LogP contribution in [0, 0.1) is 0 Å². The second kappa shape index (κ2) is 4.13. The molecule has 0 amide bonds. The van der Waals surface area contributed by atoms with Crippen LogP contribution in [0.15, 0.2) is 12.2 Å².